The lowest BCUT2D eigenvalue weighted by molar-refractivity contribution is -0.140. The summed E-state index contributed by atoms with van der Waals surface area (Å²) in [6.45, 7) is 6.79. The van der Waals surface area contributed by atoms with E-state index in [0.29, 0.717) is 24.0 Å². The lowest BCUT2D eigenvalue weighted by Crippen LogP contribution is -2.48. The third kappa shape index (κ3) is 6.95. The molecular weight excluding hydrogens is 440 g/mol. The van der Waals surface area contributed by atoms with Gasteiger partial charge in [-0.05, 0) is 48.2 Å². The van der Waals surface area contributed by atoms with Crippen molar-refractivity contribution in [2.75, 3.05) is 6.54 Å². The van der Waals surface area contributed by atoms with Gasteiger partial charge >= 0.3 is 0 Å². The first-order valence-corrected chi connectivity index (χ1v) is 10.5. The van der Waals surface area contributed by atoms with Gasteiger partial charge in [0.1, 0.15) is 6.04 Å². The lowest BCUT2D eigenvalue weighted by Gasteiger charge is -2.29. The van der Waals surface area contributed by atoms with Crippen LogP contribution in [0.2, 0.25) is 5.02 Å². The summed E-state index contributed by atoms with van der Waals surface area (Å²) in [5.74, 6) is 0.0841. The van der Waals surface area contributed by atoms with E-state index >= 15 is 0 Å². The second-order valence-corrected chi connectivity index (χ2v) is 8.62. The SMILES string of the molecule is CC(C)CNC(=O)[C@H](C)N(Cc1ccc(Br)cc1)C(=O)Cc1cccc(Cl)c1. The van der Waals surface area contributed by atoms with Crippen LogP contribution in [-0.4, -0.2) is 29.3 Å². The number of hydrogen-bond donors (Lipinski definition) is 1. The molecule has 0 unspecified atom stereocenters. The highest BCUT2D eigenvalue weighted by Crippen LogP contribution is 2.17. The molecule has 0 aliphatic carbocycles. The van der Waals surface area contributed by atoms with Gasteiger partial charge in [0.25, 0.3) is 0 Å². The third-order valence-electron chi connectivity index (χ3n) is 4.36. The fraction of sp³-hybridized carbons (Fsp3) is 0.364. The highest BCUT2D eigenvalue weighted by atomic mass is 79.9. The highest BCUT2D eigenvalue weighted by Gasteiger charge is 2.26. The molecule has 0 bridgehead atoms. The second-order valence-electron chi connectivity index (χ2n) is 7.27. The Bertz CT molecular complexity index is 808. The molecule has 1 atom stereocenters. The topological polar surface area (TPSA) is 49.4 Å². The van der Waals surface area contributed by atoms with Crippen molar-refractivity contribution in [1.29, 1.82) is 0 Å². The molecule has 2 rings (SSSR count). The molecule has 6 heteroatoms. The van der Waals surface area contributed by atoms with Crippen LogP contribution in [0.1, 0.15) is 31.9 Å². The predicted octanol–water partition coefficient (Wildman–Crippen LogP) is 4.83. The van der Waals surface area contributed by atoms with Crippen molar-refractivity contribution in [2.45, 2.75) is 39.8 Å². The van der Waals surface area contributed by atoms with E-state index in [1.165, 1.54) is 0 Å². The molecule has 2 aromatic carbocycles. The summed E-state index contributed by atoms with van der Waals surface area (Å²) in [5.41, 5.74) is 1.79. The van der Waals surface area contributed by atoms with E-state index in [0.717, 1.165) is 15.6 Å². The maximum Gasteiger partial charge on any atom is 0.242 e. The van der Waals surface area contributed by atoms with Gasteiger partial charge in [-0.3, -0.25) is 9.59 Å². The predicted molar refractivity (Wildman–Crippen MR) is 117 cm³/mol. The normalized spacial score (nSPS) is 11.9. The quantitative estimate of drug-likeness (QED) is 0.607. The Morgan fingerprint density at radius 2 is 1.75 bits per heavy atom. The first kappa shape index (κ1) is 22.4. The Morgan fingerprint density at radius 3 is 2.36 bits per heavy atom. The van der Waals surface area contributed by atoms with Crippen molar-refractivity contribution in [1.82, 2.24) is 10.2 Å². The minimum absolute atomic E-state index is 0.114. The minimum Gasteiger partial charge on any atom is -0.354 e. The third-order valence-corrected chi connectivity index (χ3v) is 5.13. The molecule has 1 N–H and O–H groups in total. The Balaban J connectivity index is 2.19. The van der Waals surface area contributed by atoms with Crippen LogP contribution in [0.3, 0.4) is 0 Å². The van der Waals surface area contributed by atoms with Crippen molar-refractivity contribution in [2.24, 2.45) is 5.92 Å². The van der Waals surface area contributed by atoms with E-state index in [2.05, 4.69) is 21.2 Å². The number of hydrogen-bond acceptors (Lipinski definition) is 2. The number of benzene rings is 2. The molecule has 150 valence electrons. The summed E-state index contributed by atoms with van der Waals surface area (Å²) in [6, 6.07) is 14.4. The van der Waals surface area contributed by atoms with Crippen LogP contribution in [0.15, 0.2) is 53.0 Å². The fourth-order valence-electron chi connectivity index (χ4n) is 2.74. The van der Waals surface area contributed by atoms with E-state index in [-0.39, 0.29) is 18.2 Å². The molecule has 2 amide bonds. The van der Waals surface area contributed by atoms with Gasteiger partial charge in [0, 0.05) is 22.6 Å². The average Bonchev–Trinajstić information content (AvgIpc) is 2.65. The van der Waals surface area contributed by atoms with Gasteiger partial charge in [-0.25, -0.2) is 0 Å². The zero-order valence-corrected chi connectivity index (χ0v) is 18.8. The number of nitrogens with one attached hydrogen (secondary N) is 1. The molecule has 0 aromatic heterocycles. The average molecular weight is 466 g/mol. The molecule has 0 aliphatic rings. The van der Waals surface area contributed by atoms with Gasteiger partial charge < -0.3 is 10.2 Å². The van der Waals surface area contributed by atoms with Crippen molar-refractivity contribution in [3.05, 3.63) is 69.2 Å². The molecule has 0 aliphatic heterocycles. The van der Waals surface area contributed by atoms with Crippen LogP contribution in [-0.2, 0) is 22.6 Å². The van der Waals surface area contributed by atoms with Crippen LogP contribution in [0.25, 0.3) is 0 Å². The molecule has 0 fully saturated rings. The standard InChI is InChI=1S/C22H26BrClN2O2/c1-15(2)13-25-22(28)16(3)26(14-17-7-9-19(23)10-8-17)21(27)12-18-5-4-6-20(24)11-18/h4-11,15-16H,12-14H2,1-3H3,(H,25,28)/t16-/m0/s1. The summed E-state index contributed by atoms with van der Waals surface area (Å²) in [4.78, 5) is 27.3. The molecule has 0 saturated carbocycles. The highest BCUT2D eigenvalue weighted by molar-refractivity contribution is 9.10. The molecule has 0 saturated heterocycles. The molecule has 0 heterocycles. The maximum absolute atomic E-state index is 13.1. The molecule has 0 radical (unpaired) electrons. The van der Waals surface area contributed by atoms with E-state index in [4.69, 9.17) is 11.6 Å². The van der Waals surface area contributed by atoms with Gasteiger partial charge in [0.15, 0.2) is 0 Å². The monoisotopic (exact) mass is 464 g/mol. The number of amides is 2. The van der Waals surface area contributed by atoms with E-state index in [1.807, 2.05) is 50.2 Å². The van der Waals surface area contributed by atoms with E-state index in [1.54, 1.807) is 24.0 Å². The molecule has 2 aromatic rings. The minimum atomic E-state index is -0.575. The van der Waals surface area contributed by atoms with Crippen molar-refractivity contribution >= 4 is 39.3 Å². The summed E-state index contributed by atoms with van der Waals surface area (Å²) >= 11 is 9.46. The van der Waals surface area contributed by atoms with E-state index in [9.17, 15) is 9.59 Å². The summed E-state index contributed by atoms with van der Waals surface area (Å²) < 4.78 is 0.968. The van der Waals surface area contributed by atoms with Crippen LogP contribution in [0.5, 0.6) is 0 Å². The van der Waals surface area contributed by atoms with Gasteiger partial charge in [-0.1, -0.05) is 65.6 Å². The number of carbonyl (C=O) groups is 2. The number of halogens is 2. The van der Waals surface area contributed by atoms with Gasteiger partial charge in [-0.15, -0.1) is 0 Å². The number of rotatable bonds is 8. The van der Waals surface area contributed by atoms with Gasteiger partial charge in [-0.2, -0.15) is 0 Å². The Hall–Kier alpha value is -1.85. The summed E-state index contributed by atoms with van der Waals surface area (Å²) in [5, 5.41) is 3.51. The first-order valence-electron chi connectivity index (χ1n) is 9.32. The molecule has 4 nitrogen and oxygen atoms in total. The maximum atomic E-state index is 13.1. The van der Waals surface area contributed by atoms with Crippen molar-refractivity contribution in [3.63, 3.8) is 0 Å². The van der Waals surface area contributed by atoms with Crippen molar-refractivity contribution in [3.8, 4) is 0 Å². The van der Waals surface area contributed by atoms with E-state index < -0.39 is 6.04 Å². The second kappa shape index (κ2) is 10.6. The fourth-order valence-corrected chi connectivity index (χ4v) is 3.22. The number of carbonyl (C=O) groups excluding carboxylic acids is 2. The van der Waals surface area contributed by atoms with Crippen molar-refractivity contribution < 1.29 is 9.59 Å². The zero-order chi connectivity index (χ0) is 20.7. The Kier molecular flexibility index (Phi) is 8.52. The smallest absolute Gasteiger partial charge is 0.242 e. The molecule has 0 spiro atoms. The first-order chi connectivity index (χ1) is 13.3. The van der Waals surface area contributed by atoms with Crippen LogP contribution in [0.4, 0.5) is 0 Å². The van der Waals surface area contributed by atoms with Crippen LogP contribution in [0, 0.1) is 5.92 Å². The summed E-state index contributed by atoms with van der Waals surface area (Å²) in [7, 11) is 0. The number of nitrogens with zero attached hydrogens (tertiary/aromatic N) is 1. The Morgan fingerprint density at radius 1 is 1.07 bits per heavy atom. The molecular formula is C22H26BrClN2O2. The van der Waals surface area contributed by atoms with Crippen LogP contribution >= 0.6 is 27.5 Å². The summed E-state index contributed by atoms with van der Waals surface area (Å²) in [6.07, 6.45) is 0.193. The lowest BCUT2D eigenvalue weighted by atomic mass is 10.1. The van der Waals surface area contributed by atoms with Crippen LogP contribution < -0.4 is 5.32 Å². The zero-order valence-electron chi connectivity index (χ0n) is 16.4. The Labute approximate surface area is 180 Å². The molecule has 28 heavy (non-hydrogen) atoms. The van der Waals surface area contributed by atoms with Gasteiger partial charge in [0.05, 0.1) is 6.42 Å². The van der Waals surface area contributed by atoms with Gasteiger partial charge in [0.2, 0.25) is 11.8 Å². The largest absolute Gasteiger partial charge is 0.354 e.